The van der Waals surface area contributed by atoms with E-state index in [9.17, 15) is 19.1 Å². The molecule has 194 valence electrons. The van der Waals surface area contributed by atoms with Crippen molar-refractivity contribution in [2.45, 2.75) is 23.1 Å². The number of carbonyl (C=O) groups is 2. The van der Waals surface area contributed by atoms with Gasteiger partial charge in [0.2, 0.25) is 5.13 Å². The van der Waals surface area contributed by atoms with Gasteiger partial charge >= 0.3 is 5.91 Å². The van der Waals surface area contributed by atoms with Crippen LogP contribution in [-0.2, 0) is 15.3 Å². The molecule has 10 heteroatoms. The molecule has 6 rings (SSSR count). The Hall–Kier alpha value is -3.86. The fraction of sp³-hybridized carbons (Fsp3) is 0.103. The van der Waals surface area contributed by atoms with Crippen LogP contribution in [-0.4, -0.2) is 27.0 Å². The Bertz CT molecular complexity index is 1760. The highest BCUT2D eigenvalue weighted by atomic mass is 32.2. The third-order valence-corrected chi connectivity index (χ3v) is 9.56. The van der Waals surface area contributed by atoms with E-state index in [0.29, 0.717) is 20.5 Å². The van der Waals surface area contributed by atoms with Gasteiger partial charge in [-0.05, 0) is 46.3 Å². The number of fused-ring (bicyclic) bond motifs is 1. The molecule has 5 aromatic rings. The number of nitrogens with zero attached hydrogens (tertiary/aromatic N) is 3. The summed E-state index contributed by atoms with van der Waals surface area (Å²) in [6, 6.07) is 21.2. The van der Waals surface area contributed by atoms with Crippen molar-refractivity contribution in [3.63, 3.8) is 0 Å². The number of thioether (sulfide) groups is 1. The molecule has 0 spiro atoms. The van der Waals surface area contributed by atoms with Crippen molar-refractivity contribution in [2.24, 2.45) is 0 Å². The number of carbonyl (C=O) groups excluding carboxylic acids is 2. The number of anilines is 1. The highest BCUT2D eigenvalue weighted by molar-refractivity contribution is 8.00. The number of ketones is 1. The molecule has 3 heterocycles. The van der Waals surface area contributed by atoms with Crippen molar-refractivity contribution in [2.75, 3.05) is 4.90 Å². The molecule has 2 aromatic heterocycles. The predicted molar refractivity (Wildman–Crippen MR) is 154 cm³/mol. The Labute approximate surface area is 235 Å². The molecule has 39 heavy (non-hydrogen) atoms. The van der Waals surface area contributed by atoms with Gasteiger partial charge in [0.25, 0.3) is 5.78 Å². The molecule has 6 nitrogen and oxygen atoms in total. The molecule has 1 amide bonds. The van der Waals surface area contributed by atoms with Gasteiger partial charge in [-0.1, -0.05) is 83.8 Å². The highest BCUT2D eigenvalue weighted by Crippen LogP contribution is 2.45. The number of aliphatic hydroxyl groups excluding tert-OH is 1. The smallest absolute Gasteiger partial charge is 0.301 e. The van der Waals surface area contributed by atoms with Crippen LogP contribution in [0.15, 0.2) is 88.1 Å². The van der Waals surface area contributed by atoms with Crippen LogP contribution in [0.5, 0.6) is 0 Å². The number of benzene rings is 3. The Kier molecular flexibility index (Phi) is 6.76. The minimum absolute atomic E-state index is 0.106. The van der Waals surface area contributed by atoms with Gasteiger partial charge in [-0.15, -0.1) is 21.5 Å². The first-order chi connectivity index (χ1) is 18.9. The Morgan fingerprint density at radius 3 is 2.67 bits per heavy atom. The number of halogens is 1. The van der Waals surface area contributed by atoms with Gasteiger partial charge in [0.15, 0.2) is 4.34 Å². The van der Waals surface area contributed by atoms with Crippen molar-refractivity contribution >= 4 is 67.8 Å². The van der Waals surface area contributed by atoms with E-state index in [1.807, 2.05) is 23.6 Å². The van der Waals surface area contributed by atoms with E-state index in [4.69, 9.17) is 0 Å². The lowest BCUT2D eigenvalue weighted by Crippen LogP contribution is -2.29. The SMILES string of the molecule is Cc1ccc(/C(O)=C2/C(=O)C(=O)N(c3nnc(SCc4cccc5ccccc45)s3)C2c2cccs2)cc1F. The summed E-state index contributed by atoms with van der Waals surface area (Å²) in [7, 11) is 0. The highest BCUT2D eigenvalue weighted by Gasteiger charge is 2.48. The van der Waals surface area contributed by atoms with Gasteiger partial charge in [-0.2, -0.15) is 0 Å². The topological polar surface area (TPSA) is 83.4 Å². The summed E-state index contributed by atoms with van der Waals surface area (Å²) in [4.78, 5) is 28.5. The molecule has 1 atom stereocenters. The average molecular weight is 574 g/mol. The first-order valence-electron chi connectivity index (χ1n) is 12.0. The van der Waals surface area contributed by atoms with E-state index in [0.717, 1.165) is 22.4 Å². The lowest BCUT2D eigenvalue weighted by atomic mass is 9.99. The van der Waals surface area contributed by atoms with Crippen LogP contribution in [0.3, 0.4) is 0 Å². The second kappa shape index (κ2) is 10.4. The van der Waals surface area contributed by atoms with Crippen LogP contribution < -0.4 is 4.90 Å². The minimum atomic E-state index is -0.904. The quantitative estimate of drug-likeness (QED) is 0.0766. The van der Waals surface area contributed by atoms with E-state index >= 15 is 0 Å². The Morgan fingerprint density at radius 1 is 1.05 bits per heavy atom. The molecule has 1 aliphatic heterocycles. The van der Waals surface area contributed by atoms with Crippen LogP contribution in [0.4, 0.5) is 9.52 Å². The van der Waals surface area contributed by atoms with Crippen LogP contribution in [0.1, 0.15) is 27.6 Å². The molecular weight excluding hydrogens is 554 g/mol. The molecule has 1 aliphatic rings. The summed E-state index contributed by atoms with van der Waals surface area (Å²) in [5, 5.41) is 24.1. The van der Waals surface area contributed by atoms with Gasteiger partial charge in [0.05, 0.1) is 5.57 Å². The number of Topliss-reactive ketones (excluding diaryl/α,β-unsaturated/α-hetero) is 1. The summed E-state index contributed by atoms with van der Waals surface area (Å²) >= 11 is 4.05. The zero-order valence-corrected chi connectivity index (χ0v) is 22.9. The van der Waals surface area contributed by atoms with E-state index in [2.05, 4.69) is 34.5 Å². The molecule has 0 radical (unpaired) electrons. The Balaban J connectivity index is 1.35. The van der Waals surface area contributed by atoms with Crippen molar-refractivity contribution in [3.05, 3.63) is 111 Å². The second-order valence-electron chi connectivity index (χ2n) is 8.93. The van der Waals surface area contributed by atoms with Crippen LogP contribution in [0, 0.1) is 12.7 Å². The van der Waals surface area contributed by atoms with Gasteiger partial charge < -0.3 is 5.11 Å². The summed E-state index contributed by atoms with van der Waals surface area (Å²) in [5.41, 5.74) is 1.58. The Morgan fingerprint density at radius 2 is 1.87 bits per heavy atom. The van der Waals surface area contributed by atoms with Crippen LogP contribution in [0.25, 0.3) is 16.5 Å². The van der Waals surface area contributed by atoms with Gasteiger partial charge in [-0.25, -0.2) is 4.39 Å². The zero-order valence-electron chi connectivity index (χ0n) is 20.5. The van der Waals surface area contributed by atoms with Crippen molar-refractivity contribution < 1.29 is 19.1 Å². The molecule has 1 saturated heterocycles. The first kappa shape index (κ1) is 25.4. The fourth-order valence-corrected chi connectivity index (χ4v) is 7.25. The largest absolute Gasteiger partial charge is 0.507 e. The third kappa shape index (κ3) is 4.64. The minimum Gasteiger partial charge on any atom is -0.507 e. The van der Waals surface area contributed by atoms with Crippen LogP contribution >= 0.6 is 34.4 Å². The predicted octanol–water partition coefficient (Wildman–Crippen LogP) is 7.12. The van der Waals surface area contributed by atoms with Crippen molar-refractivity contribution in [3.8, 4) is 0 Å². The number of hydrogen-bond donors (Lipinski definition) is 1. The maximum atomic E-state index is 14.3. The van der Waals surface area contributed by atoms with Gasteiger partial charge in [0, 0.05) is 16.2 Å². The molecule has 1 unspecified atom stereocenters. The lowest BCUT2D eigenvalue weighted by Gasteiger charge is -2.20. The second-order valence-corrected chi connectivity index (χ2v) is 12.1. The lowest BCUT2D eigenvalue weighted by molar-refractivity contribution is -0.132. The van der Waals surface area contributed by atoms with E-state index in [-0.39, 0.29) is 16.3 Å². The third-order valence-electron chi connectivity index (χ3n) is 6.54. The number of aryl methyl sites for hydroxylation is 1. The van der Waals surface area contributed by atoms with E-state index in [1.54, 1.807) is 19.1 Å². The summed E-state index contributed by atoms with van der Waals surface area (Å²) < 4.78 is 14.9. The van der Waals surface area contributed by atoms with Crippen molar-refractivity contribution in [1.29, 1.82) is 0 Å². The molecule has 1 fully saturated rings. The number of rotatable bonds is 6. The van der Waals surface area contributed by atoms with E-state index in [1.165, 1.54) is 51.5 Å². The monoisotopic (exact) mass is 573 g/mol. The molecule has 0 aliphatic carbocycles. The molecule has 1 N–H and O–H groups in total. The fourth-order valence-electron chi connectivity index (χ4n) is 4.56. The zero-order chi connectivity index (χ0) is 27.1. The first-order valence-corrected chi connectivity index (χ1v) is 14.6. The number of amides is 1. The number of aliphatic hydroxyl groups is 1. The van der Waals surface area contributed by atoms with Gasteiger partial charge in [0.1, 0.15) is 17.6 Å². The average Bonchev–Trinajstić information content (AvgIpc) is 3.69. The molecular formula is C29H20FN3O3S3. The molecule has 3 aromatic carbocycles. The van der Waals surface area contributed by atoms with Crippen LogP contribution in [0.2, 0.25) is 0 Å². The van der Waals surface area contributed by atoms with Crippen molar-refractivity contribution in [1.82, 2.24) is 10.2 Å². The maximum Gasteiger partial charge on any atom is 0.301 e. The molecule has 0 bridgehead atoms. The summed E-state index contributed by atoms with van der Waals surface area (Å²) in [6.45, 7) is 1.61. The number of hydrogen-bond acceptors (Lipinski definition) is 8. The van der Waals surface area contributed by atoms with E-state index < -0.39 is 29.3 Å². The molecule has 0 saturated carbocycles. The summed E-state index contributed by atoms with van der Waals surface area (Å²) in [6.07, 6.45) is 0. The normalized spacial score (nSPS) is 16.9. The van der Waals surface area contributed by atoms with Gasteiger partial charge in [-0.3, -0.25) is 14.5 Å². The number of aromatic nitrogens is 2. The number of thiophene rings is 1. The standard InChI is InChI=1S/C29H20FN3O3S3/c1-16-11-12-18(14-21(16)30)25(34)23-24(22-10-5-13-37-22)33(27(36)26(23)35)28-31-32-29(39-28)38-15-19-8-4-7-17-6-2-3-9-20(17)19/h2-14,24,34H,15H2,1H3/b25-23-. The summed E-state index contributed by atoms with van der Waals surface area (Å²) in [5.74, 6) is -1.96. The maximum absolute atomic E-state index is 14.3.